The molecular formula is C28H33F7N2O6. The smallest absolute Gasteiger partial charge is 0.462 e. The third-order valence-corrected chi connectivity index (χ3v) is 6.35. The lowest BCUT2D eigenvalue weighted by Gasteiger charge is -2.29. The van der Waals surface area contributed by atoms with Gasteiger partial charge in [-0.2, -0.15) is 30.7 Å². The van der Waals surface area contributed by atoms with Crippen molar-refractivity contribution in [1.29, 1.82) is 0 Å². The van der Waals surface area contributed by atoms with Crippen molar-refractivity contribution in [3.05, 3.63) is 58.7 Å². The van der Waals surface area contributed by atoms with Crippen LogP contribution in [-0.4, -0.2) is 79.2 Å². The minimum atomic E-state index is -6.56. The van der Waals surface area contributed by atoms with Crippen molar-refractivity contribution >= 4 is 17.7 Å². The molecule has 0 saturated heterocycles. The van der Waals surface area contributed by atoms with Crippen molar-refractivity contribution < 1.29 is 59.6 Å². The molecule has 8 nitrogen and oxygen atoms in total. The van der Waals surface area contributed by atoms with Gasteiger partial charge in [-0.05, 0) is 68.1 Å². The van der Waals surface area contributed by atoms with Crippen LogP contribution in [0.4, 0.5) is 41.2 Å². The van der Waals surface area contributed by atoms with Gasteiger partial charge in [-0.15, -0.1) is 0 Å². The minimum Gasteiger partial charge on any atom is -0.492 e. The largest absolute Gasteiger partial charge is 0.492 e. The summed E-state index contributed by atoms with van der Waals surface area (Å²) < 4.78 is 105. The lowest BCUT2D eigenvalue weighted by Crippen LogP contribution is -2.54. The van der Waals surface area contributed by atoms with Crippen molar-refractivity contribution in [3.8, 4) is 5.75 Å². The third kappa shape index (κ3) is 9.71. The maximum Gasteiger partial charge on any atom is 0.462 e. The normalized spacial score (nSPS) is 13.0. The van der Waals surface area contributed by atoms with E-state index in [1.165, 1.54) is 12.1 Å². The Kier molecular flexibility index (Phi) is 12.2. The number of amides is 2. The van der Waals surface area contributed by atoms with E-state index in [1.54, 1.807) is 45.0 Å². The summed E-state index contributed by atoms with van der Waals surface area (Å²) in [5, 5.41) is 11.8. The first-order chi connectivity index (χ1) is 19.9. The predicted octanol–water partition coefficient (Wildman–Crippen LogP) is 6.36. The lowest BCUT2D eigenvalue weighted by atomic mass is 10.1. The molecule has 0 bridgehead atoms. The van der Waals surface area contributed by atoms with Gasteiger partial charge < -0.3 is 29.5 Å². The number of nitrogens with zero attached hydrogens (tertiary/aromatic N) is 1. The molecule has 0 spiro atoms. The van der Waals surface area contributed by atoms with E-state index in [0.717, 1.165) is 16.0 Å². The molecule has 1 unspecified atom stereocenters. The van der Waals surface area contributed by atoms with Gasteiger partial charge in [0.05, 0.1) is 13.2 Å². The van der Waals surface area contributed by atoms with Gasteiger partial charge in [0.25, 0.3) is 0 Å². The summed E-state index contributed by atoms with van der Waals surface area (Å²) in [6.45, 7) is 4.55. The molecule has 2 N–H and O–H groups in total. The number of benzene rings is 2. The van der Waals surface area contributed by atoms with Gasteiger partial charge >= 0.3 is 30.2 Å². The monoisotopic (exact) mass is 626 g/mol. The fourth-order valence-corrected chi connectivity index (χ4v) is 3.77. The molecule has 0 aliphatic rings. The Labute approximate surface area is 243 Å². The molecule has 2 amide bonds. The SMILES string of the molecule is CCOC(Cc1ccc(OCCN(CCOC(F)(F)C(F)(F)C(F)(F)F)C(=O)Nc2cc(C)c(C)cc2C)cc1)C(=O)O. The van der Waals surface area contributed by atoms with E-state index < -0.39 is 49.5 Å². The summed E-state index contributed by atoms with van der Waals surface area (Å²) in [7, 11) is 0. The molecule has 43 heavy (non-hydrogen) atoms. The fourth-order valence-electron chi connectivity index (χ4n) is 3.77. The highest BCUT2D eigenvalue weighted by Gasteiger charge is 2.74. The van der Waals surface area contributed by atoms with Crippen molar-refractivity contribution in [2.24, 2.45) is 0 Å². The molecule has 2 aromatic rings. The summed E-state index contributed by atoms with van der Waals surface area (Å²) in [6.07, 6.45) is -13.4. The summed E-state index contributed by atoms with van der Waals surface area (Å²) in [5.74, 6) is -7.28. The van der Waals surface area contributed by atoms with Gasteiger partial charge in [0.15, 0.2) is 6.10 Å². The van der Waals surface area contributed by atoms with Crippen LogP contribution in [-0.2, 0) is 20.7 Å². The number of hydrogen-bond donors (Lipinski definition) is 2. The molecular weight excluding hydrogens is 593 g/mol. The average Bonchev–Trinajstić information content (AvgIpc) is 2.90. The minimum absolute atomic E-state index is 0.0906. The first-order valence-electron chi connectivity index (χ1n) is 13.1. The molecule has 0 radical (unpaired) electrons. The average molecular weight is 627 g/mol. The Morgan fingerprint density at radius 1 is 0.907 bits per heavy atom. The van der Waals surface area contributed by atoms with Gasteiger partial charge in [-0.1, -0.05) is 18.2 Å². The van der Waals surface area contributed by atoms with Gasteiger partial charge in [0, 0.05) is 25.3 Å². The van der Waals surface area contributed by atoms with Crippen molar-refractivity contribution in [2.45, 2.75) is 58.4 Å². The zero-order chi connectivity index (χ0) is 32.6. The van der Waals surface area contributed by atoms with Gasteiger partial charge in [0.2, 0.25) is 0 Å². The first-order valence-corrected chi connectivity index (χ1v) is 13.1. The van der Waals surface area contributed by atoms with Crippen LogP contribution >= 0.6 is 0 Å². The summed E-state index contributed by atoms with van der Waals surface area (Å²) in [4.78, 5) is 25.1. The lowest BCUT2D eigenvalue weighted by molar-refractivity contribution is -0.423. The Hall–Kier alpha value is -3.59. The van der Waals surface area contributed by atoms with E-state index in [0.29, 0.717) is 22.6 Å². The number of nitrogens with one attached hydrogen (secondary N) is 1. The van der Waals surface area contributed by atoms with Gasteiger partial charge in [-0.25, -0.2) is 9.59 Å². The molecule has 0 aliphatic heterocycles. The quantitative estimate of drug-likeness (QED) is 0.223. The van der Waals surface area contributed by atoms with Crippen LogP contribution in [0, 0.1) is 20.8 Å². The molecule has 0 heterocycles. The van der Waals surface area contributed by atoms with Crippen LogP contribution in [0.1, 0.15) is 29.2 Å². The number of ether oxygens (including phenoxy) is 3. The Bertz CT molecular complexity index is 1240. The highest BCUT2D eigenvalue weighted by molar-refractivity contribution is 5.90. The van der Waals surface area contributed by atoms with E-state index in [4.69, 9.17) is 9.47 Å². The zero-order valence-corrected chi connectivity index (χ0v) is 23.9. The molecule has 0 fully saturated rings. The van der Waals surface area contributed by atoms with E-state index in [2.05, 4.69) is 10.1 Å². The topological polar surface area (TPSA) is 97.3 Å². The van der Waals surface area contributed by atoms with Crippen LogP contribution in [0.2, 0.25) is 0 Å². The number of aryl methyl sites for hydroxylation is 3. The number of urea groups is 1. The summed E-state index contributed by atoms with van der Waals surface area (Å²) >= 11 is 0. The maximum atomic E-state index is 13.6. The third-order valence-electron chi connectivity index (χ3n) is 6.35. The fraction of sp³-hybridized carbons (Fsp3) is 0.500. The van der Waals surface area contributed by atoms with Crippen molar-refractivity contribution in [1.82, 2.24) is 4.90 Å². The molecule has 2 rings (SSSR count). The number of alkyl halides is 7. The Morgan fingerprint density at radius 3 is 2.05 bits per heavy atom. The number of rotatable bonds is 15. The number of aliphatic carboxylic acids is 1. The highest BCUT2D eigenvalue weighted by atomic mass is 19.4. The van der Waals surface area contributed by atoms with E-state index in [1.807, 2.05) is 6.92 Å². The molecule has 0 saturated carbocycles. The number of hydrogen-bond acceptors (Lipinski definition) is 5. The first kappa shape index (κ1) is 35.6. The van der Waals surface area contributed by atoms with Crippen LogP contribution in [0.15, 0.2) is 36.4 Å². The second-order valence-corrected chi connectivity index (χ2v) is 9.58. The number of carbonyl (C=O) groups is 2. The van der Waals surface area contributed by atoms with Gasteiger partial charge in [-0.3, -0.25) is 0 Å². The van der Waals surface area contributed by atoms with E-state index in [-0.39, 0.29) is 26.2 Å². The van der Waals surface area contributed by atoms with Crippen molar-refractivity contribution in [3.63, 3.8) is 0 Å². The van der Waals surface area contributed by atoms with Crippen LogP contribution in [0.5, 0.6) is 5.75 Å². The van der Waals surface area contributed by atoms with Crippen LogP contribution in [0.3, 0.4) is 0 Å². The Balaban J connectivity index is 2.11. The molecule has 15 heteroatoms. The van der Waals surface area contributed by atoms with Gasteiger partial charge in [0.1, 0.15) is 12.4 Å². The Morgan fingerprint density at radius 2 is 1.49 bits per heavy atom. The highest BCUT2D eigenvalue weighted by Crippen LogP contribution is 2.46. The van der Waals surface area contributed by atoms with E-state index >= 15 is 0 Å². The number of carboxylic acid groups (broad SMARTS) is 1. The summed E-state index contributed by atoms with van der Waals surface area (Å²) in [5.41, 5.74) is 3.43. The van der Waals surface area contributed by atoms with Crippen molar-refractivity contribution in [2.75, 3.05) is 38.2 Å². The number of carboxylic acids is 1. The molecule has 2 aromatic carbocycles. The molecule has 0 aliphatic carbocycles. The van der Waals surface area contributed by atoms with E-state index in [9.17, 15) is 45.4 Å². The molecule has 240 valence electrons. The molecule has 0 aromatic heterocycles. The maximum absolute atomic E-state index is 13.6. The van der Waals surface area contributed by atoms with Crippen LogP contribution in [0.25, 0.3) is 0 Å². The van der Waals surface area contributed by atoms with Crippen LogP contribution < -0.4 is 10.1 Å². The number of halogens is 7. The second-order valence-electron chi connectivity index (χ2n) is 9.58. The standard InChI is InChI=1S/C28H33F7N2O6/c1-5-41-23(24(38)39)16-20-6-8-21(9-7-20)42-12-10-37(11-13-43-28(34,35)26(29,30)27(31,32)33)25(40)36-22-15-18(3)17(2)14-19(22)4/h6-9,14-15,23H,5,10-13,16H2,1-4H3,(H,36,40)(H,38,39). The predicted molar refractivity (Wildman–Crippen MR) is 142 cm³/mol. The summed E-state index contributed by atoms with van der Waals surface area (Å²) in [6, 6.07) is 8.81. The number of anilines is 1. The zero-order valence-electron chi connectivity index (χ0n) is 23.9. The second kappa shape index (κ2) is 14.7. The number of carbonyl (C=O) groups excluding carboxylic acids is 1. The molecule has 1 atom stereocenters.